The van der Waals surface area contributed by atoms with Gasteiger partial charge in [0, 0.05) is 29.3 Å². The van der Waals surface area contributed by atoms with Gasteiger partial charge in [-0.1, -0.05) is 24.3 Å². The lowest BCUT2D eigenvalue weighted by atomic mass is 9.91. The third-order valence-corrected chi connectivity index (χ3v) is 5.70. The Morgan fingerprint density at radius 1 is 1.10 bits per heavy atom. The van der Waals surface area contributed by atoms with Crippen molar-refractivity contribution in [1.82, 2.24) is 5.32 Å². The molecule has 3 aromatic carbocycles. The summed E-state index contributed by atoms with van der Waals surface area (Å²) in [4.78, 5) is 12.7. The monoisotopic (exact) mass is 446 g/mol. The molecule has 0 radical (unpaired) electrons. The summed E-state index contributed by atoms with van der Waals surface area (Å²) in [5.41, 5.74) is 7.51. The maximum atomic E-state index is 14.2. The van der Waals surface area contributed by atoms with Gasteiger partial charge in [0.15, 0.2) is 11.6 Å². The van der Waals surface area contributed by atoms with Gasteiger partial charge in [0.1, 0.15) is 5.82 Å². The van der Waals surface area contributed by atoms with Gasteiger partial charge in [0.2, 0.25) is 0 Å². The van der Waals surface area contributed by atoms with E-state index >= 15 is 0 Å². The molecule has 0 aliphatic heterocycles. The molecule has 0 saturated heterocycles. The normalized spacial score (nSPS) is 18.3. The summed E-state index contributed by atoms with van der Waals surface area (Å²) in [6.45, 7) is 0. The van der Waals surface area contributed by atoms with Gasteiger partial charge in [-0.2, -0.15) is 0 Å². The molecule has 1 fully saturated rings. The number of amides is 1. The summed E-state index contributed by atoms with van der Waals surface area (Å²) in [6.07, 6.45) is 3.73. The number of nitrogens with one attached hydrogen (secondary N) is 1. The molecule has 0 aromatic heterocycles. The number of methoxy groups -OCH3 is 1. The van der Waals surface area contributed by atoms with E-state index in [4.69, 9.17) is 10.5 Å². The van der Waals surface area contributed by atoms with Crippen molar-refractivity contribution in [3.8, 4) is 16.9 Å². The van der Waals surface area contributed by atoms with Gasteiger partial charge in [-0.3, -0.25) is 4.79 Å². The Balaban J connectivity index is 0.00000272. The van der Waals surface area contributed by atoms with E-state index in [1.807, 2.05) is 6.07 Å². The molecule has 1 aliphatic carbocycles. The second-order valence-electron chi connectivity index (χ2n) is 7.81. The molecule has 0 bridgehead atoms. The largest absolute Gasteiger partial charge is 0.493 e. The number of nitrogens with two attached hydrogens (primary N) is 1. The van der Waals surface area contributed by atoms with Crippen LogP contribution in [0.25, 0.3) is 21.9 Å². The smallest absolute Gasteiger partial charge is 0.251 e. The summed E-state index contributed by atoms with van der Waals surface area (Å²) >= 11 is 0. The molecule has 2 atom stereocenters. The summed E-state index contributed by atoms with van der Waals surface area (Å²) in [5, 5.41) is 4.65. The van der Waals surface area contributed by atoms with Crippen molar-refractivity contribution < 1.29 is 18.3 Å². The van der Waals surface area contributed by atoms with E-state index in [1.54, 1.807) is 30.3 Å². The van der Waals surface area contributed by atoms with Crippen molar-refractivity contribution in [2.24, 2.45) is 5.73 Å². The number of hydrogen-bond acceptors (Lipinski definition) is 3. The Hall–Kier alpha value is -2.70. The average Bonchev–Trinajstić information content (AvgIpc) is 2.72. The SMILES string of the molecule is COc1c(F)cc(F)cc1-c1cccc2cc(C(=O)N[C@@H]3CCC[C@@H](N)C3)ccc12.Cl. The number of carbonyl (C=O) groups is 1. The van der Waals surface area contributed by atoms with Gasteiger partial charge in [-0.25, -0.2) is 8.78 Å². The molecule has 0 unspecified atom stereocenters. The van der Waals surface area contributed by atoms with Crippen LogP contribution in [0.1, 0.15) is 36.0 Å². The van der Waals surface area contributed by atoms with Crippen LogP contribution in [0, 0.1) is 11.6 Å². The number of fused-ring (bicyclic) bond motifs is 1. The Bertz CT molecular complexity index is 1110. The predicted octanol–water partition coefficient (Wildman–Crippen LogP) is 5.22. The molecule has 4 rings (SSSR count). The maximum Gasteiger partial charge on any atom is 0.251 e. The first-order chi connectivity index (χ1) is 14.5. The van der Waals surface area contributed by atoms with Gasteiger partial charge < -0.3 is 15.8 Å². The predicted molar refractivity (Wildman–Crippen MR) is 121 cm³/mol. The van der Waals surface area contributed by atoms with E-state index in [2.05, 4.69) is 5.32 Å². The number of rotatable bonds is 4. The zero-order valence-corrected chi connectivity index (χ0v) is 18.0. The van der Waals surface area contributed by atoms with Gasteiger partial charge in [-0.05, 0) is 60.2 Å². The minimum atomic E-state index is -0.758. The highest BCUT2D eigenvalue weighted by Gasteiger charge is 2.22. The van der Waals surface area contributed by atoms with Crippen LogP contribution in [0.4, 0.5) is 8.78 Å². The van der Waals surface area contributed by atoms with Crippen LogP contribution in [0.5, 0.6) is 5.75 Å². The minimum absolute atomic E-state index is 0. The Morgan fingerprint density at radius 2 is 1.90 bits per heavy atom. The summed E-state index contributed by atoms with van der Waals surface area (Å²) in [6, 6.07) is 13.0. The lowest BCUT2D eigenvalue weighted by Crippen LogP contribution is -2.42. The number of hydrogen-bond donors (Lipinski definition) is 2. The summed E-state index contributed by atoms with van der Waals surface area (Å²) in [7, 11) is 1.35. The zero-order valence-electron chi connectivity index (χ0n) is 17.2. The lowest BCUT2D eigenvalue weighted by Gasteiger charge is -2.27. The van der Waals surface area contributed by atoms with E-state index in [0.29, 0.717) is 16.7 Å². The highest BCUT2D eigenvalue weighted by molar-refractivity contribution is 6.03. The van der Waals surface area contributed by atoms with E-state index < -0.39 is 11.6 Å². The van der Waals surface area contributed by atoms with Crippen molar-refractivity contribution in [2.45, 2.75) is 37.8 Å². The van der Waals surface area contributed by atoms with E-state index in [1.165, 1.54) is 13.2 Å². The molecule has 0 heterocycles. The van der Waals surface area contributed by atoms with Gasteiger partial charge in [0.05, 0.1) is 7.11 Å². The molecule has 7 heteroatoms. The Labute approximate surface area is 186 Å². The van der Waals surface area contributed by atoms with Crippen molar-refractivity contribution in [1.29, 1.82) is 0 Å². The first kappa shape index (κ1) is 23.0. The number of halogens is 3. The lowest BCUT2D eigenvalue weighted by molar-refractivity contribution is 0.0925. The molecule has 31 heavy (non-hydrogen) atoms. The molecular weight excluding hydrogens is 422 g/mol. The number of ether oxygens (including phenoxy) is 1. The maximum absolute atomic E-state index is 14.2. The van der Waals surface area contributed by atoms with E-state index in [-0.39, 0.29) is 36.1 Å². The van der Waals surface area contributed by atoms with Crippen LogP contribution in [0.3, 0.4) is 0 Å². The van der Waals surface area contributed by atoms with Crippen LogP contribution in [0.2, 0.25) is 0 Å². The Kier molecular flexibility index (Phi) is 7.13. The van der Waals surface area contributed by atoms with Crippen LogP contribution < -0.4 is 15.8 Å². The first-order valence-corrected chi connectivity index (χ1v) is 10.1. The molecule has 0 spiro atoms. The second kappa shape index (κ2) is 9.62. The molecule has 1 saturated carbocycles. The van der Waals surface area contributed by atoms with Gasteiger partial charge in [-0.15, -0.1) is 12.4 Å². The molecular formula is C24H25ClF2N2O2. The molecule has 3 N–H and O–H groups in total. The van der Waals surface area contributed by atoms with E-state index in [9.17, 15) is 13.6 Å². The quantitative estimate of drug-likeness (QED) is 0.577. The topological polar surface area (TPSA) is 64.3 Å². The van der Waals surface area contributed by atoms with Gasteiger partial charge >= 0.3 is 0 Å². The molecule has 164 valence electrons. The summed E-state index contributed by atoms with van der Waals surface area (Å²) < 4.78 is 33.3. The van der Waals surface area contributed by atoms with Crippen LogP contribution in [-0.2, 0) is 0 Å². The molecule has 1 amide bonds. The highest BCUT2D eigenvalue weighted by atomic mass is 35.5. The zero-order chi connectivity index (χ0) is 21.3. The standard InChI is InChI=1S/C24H24F2N2O2.ClH/c1-30-23-21(11-16(25)12-22(23)26)20-7-2-4-14-10-15(8-9-19(14)20)24(29)28-18-6-3-5-17(27)13-18;/h2,4,7-12,17-18H,3,5-6,13,27H2,1H3,(H,28,29);1H/t17-,18-;/m1./s1. The average molecular weight is 447 g/mol. The van der Waals surface area contributed by atoms with Gasteiger partial charge in [0.25, 0.3) is 5.91 Å². The van der Waals surface area contributed by atoms with Crippen molar-refractivity contribution >= 4 is 29.1 Å². The fourth-order valence-corrected chi connectivity index (χ4v) is 4.26. The fourth-order valence-electron chi connectivity index (χ4n) is 4.26. The third-order valence-electron chi connectivity index (χ3n) is 5.70. The summed E-state index contributed by atoms with van der Waals surface area (Å²) in [5.74, 6) is -1.59. The van der Waals surface area contributed by atoms with Crippen LogP contribution >= 0.6 is 12.4 Å². The Morgan fingerprint density at radius 3 is 2.65 bits per heavy atom. The third kappa shape index (κ3) is 4.81. The highest BCUT2D eigenvalue weighted by Crippen LogP contribution is 2.37. The van der Waals surface area contributed by atoms with E-state index in [0.717, 1.165) is 42.5 Å². The van der Waals surface area contributed by atoms with Crippen molar-refractivity contribution in [3.63, 3.8) is 0 Å². The number of carbonyl (C=O) groups excluding carboxylic acids is 1. The molecule has 3 aromatic rings. The minimum Gasteiger partial charge on any atom is -0.493 e. The number of benzene rings is 3. The van der Waals surface area contributed by atoms with Crippen LogP contribution in [-0.4, -0.2) is 25.1 Å². The van der Waals surface area contributed by atoms with Crippen molar-refractivity contribution in [2.75, 3.05) is 7.11 Å². The second-order valence-corrected chi connectivity index (χ2v) is 7.81. The fraction of sp³-hybridized carbons (Fsp3) is 0.292. The van der Waals surface area contributed by atoms with Crippen molar-refractivity contribution in [3.05, 3.63) is 65.7 Å². The first-order valence-electron chi connectivity index (χ1n) is 10.1. The molecule has 4 nitrogen and oxygen atoms in total. The van der Waals surface area contributed by atoms with Crippen LogP contribution in [0.15, 0.2) is 48.5 Å². The molecule has 1 aliphatic rings.